The normalized spacial score (nSPS) is 16.8. The van der Waals surface area contributed by atoms with E-state index in [4.69, 9.17) is 16.3 Å². The van der Waals surface area contributed by atoms with Gasteiger partial charge in [0.05, 0.1) is 18.7 Å². The minimum atomic E-state index is -1.01. The molecule has 1 amide bonds. The van der Waals surface area contributed by atoms with Crippen LogP contribution in [0.1, 0.15) is 44.2 Å². The standard InChI is InChI=1S/C24H24ClF2NO3/c1-14(2)13-31-24(30)22-15(3)28(12-16-7-6-10-20(26)23(16)27)21(29)11-18(22)17-8-4-5-9-19(17)25/h4-10,14,18H,11-13H2,1-3H3. The van der Waals surface area contributed by atoms with Crippen LogP contribution in [0.4, 0.5) is 8.78 Å². The van der Waals surface area contributed by atoms with Gasteiger partial charge in [0.1, 0.15) is 0 Å². The molecule has 0 aliphatic carbocycles. The summed E-state index contributed by atoms with van der Waals surface area (Å²) in [6.07, 6.45) is -0.0376. The van der Waals surface area contributed by atoms with E-state index < -0.39 is 23.5 Å². The number of rotatable bonds is 6. The van der Waals surface area contributed by atoms with E-state index in [1.54, 1.807) is 31.2 Å². The number of esters is 1. The van der Waals surface area contributed by atoms with Crippen LogP contribution < -0.4 is 0 Å². The molecule has 2 aromatic carbocycles. The van der Waals surface area contributed by atoms with Crippen molar-refractivity contribution in [1.82, 2.24) is 4.90 Å². The second kappa shape index (κ2) is 9.60. The van der Waals surface area contributed by atoms with Crippen molar-refractivity contribution in [2.24, 2.45) is 5.92 Å². The molecule has 3 rings (SSSR count). The predicted molar refractivity (Wildman–Crippen MR) is 114 cm³/mol. The van der Waals surface area contributed by atoms with E-state index in [2.05, 4.69) is 0 Å². The number of carbonyl (C=O) groups is 2. The van der Waals surface area contributed by atoms with Crippen LogP contribution in [0.5, 0.6) is 0 Å². The van der Waals surface area contributed by atoms with Gasteiger partial charge < -0.3 is 9.64 Å². The van der Waals surface area contributed by atoms with Crippen molar-refractivity contribution in [2.45, 2.75) is 39.7 Å². The van der Waals surface area contributed by atoms with Gasteiger partial charge in [-0.3, -0.25) is 4.79 Å². The Labute approximate surface area is 185 Å². The zero-order valence-electron chi connectivity index (χ0n) is 17.6. The first-order chi connectivity index (χ1) is 14.7. The van der Waals surface area contributed by atoms with Crippen molar-refractivity contribution in [3.63, 3.8) is 0 Å². The monoisotopic (exact) mass is 447 g/mol. The van der Waals surface area contributed by atoms with Gasteiger partial charge in [-0.1, -0.05) is 55.8 Å². The molecular formula is C24H24ClF2NO3. The third-order valence-corrected chi connectivity index (χ3v) is 5.58. The van der Waals surface area contributed by atoms with E-state index in [1.165, 1.54) is 17.0 Å². The molecule has 0 bridgehead atoms. The summed E-state index contributed by atoms with van der Waals surface area (Å²) in [7, 11) is 0. The van der Waals surface area contributed by atoms with Crippen LogP contribution in [0.2, 0.25) is 5.02 Å². The van der Waals surface area contributed by atoms with E-state index in [0.29, 0.717) is 21.9 Å². The highest BCUT2D eigenvalue weighted by Gasteiger charge is 2.38. The molecule has 0 saturated heterocycles. The molecule has 0 spiro atoms. The Hall–Kier alpha value is -2.73. The summed E-state index contributed by atoms with van der Waals surface area (Å²) >= 11 is 6.36. The summed E-state index contributed by atoms with van der Waals surface area (Å²) in [5.74, 6) is -3.32. The minimum Gasteiger partial charge on any atom is -0.462 e. The lowest BCUT2D eigenvalue weighted by atomic mass is 9.83. The summed E-state index contributed by atoms with van der Waals surface area (Å²) in [6.45, 7) is 5.48. The first-order valence-corrected chi connectivity index (χ1v) is 10.4. The number of nitrogens with zero attached hydrogens (tertiary/aromatic N) is 1. The van der Waals surface area contributed by atoms with E-state index >= 15 is 0 Å². The molecule has 1 aliphatic heterocycles. The lowest BCUT2D eigenvalue weighted by Crippen LogP contribution is -2.38. The average Bonchev–Trinajstić information content (AvgIpc) is 2.72. The lowest BCUT2D eigenvalue weighted by Gasteiger charge is -2.35. The molecule has 0 fully saturated rings. The molecular weight excluding hydrogens is 424 g/mol. The number of halogens is 3. The Balaban J connectivity index is 2.05. The summed E-state index contributed by atoms with van der Waals surface area (Å²) in [6, 6.07) is 10.8. The zero-order valence-corrected chi connectivity index (χ0v) is 18.4. The van der Waals surface area contributed by atoms with Gasteiger partial charge in [-0.05, 0) is 30.5 Å². The fourth-order valence-electron chi connectivity index (χ4n) is 3.65. The molecule has 1 heterocycles. The number of allylic oxidation sites excluding steroid dienone is 1. The molecule has 0 aromatic heterocycles. The van der Waals surface area contributed by atoms with Crippen molar-refractivity contribution in [3.05, 3.63) is 81.5 Å². The maximum atomic E-state index is 14.2. The fraction of sp³-hybridized carbons (Fsp3) is 0.333. The fourth-order valence-corrected chi connectivity index (χ4v) is 3.92. The summed E-state index contributed by atoms with van der Waals surface area (Å²) in [5.41, 5.74) is 1.31. The Bertz CT molecular complexity index is 1040. The van der Waals surface area contributed by atoms with Crippen LogP contribution in [0.3, 0.4) is 0 Å². The number of ether oxygens (including phenoxy) is 1. The number of benzene rings is 2. The summed E-state index contributed by atoms with van der Waals surface area (Å²) in [5, 5.41) is 0.437. The SMILES string of the molecule is CC1=C(C(=O)OCC(C)C)C(c2ccccc2Cl)CC(=O)N1Cc1cccc(F)c1F. The highest BCUT2D eigenvalue weighted by Crippen LogP contribution is 2.40. The van der Waals surface area contributed by atoms with Gasteiger partial charge in [0, 0.05) is 28.6 Å². The highest BCUT2D eigenvalue weighted by molar-refractivity contribution is 6.31. The third-order valence-electron chi connectivity index (χ3n) is 5.23. The second-order valence-electron chi connectivity index (χ2n) is 7.96. The molecule has 1 unspecified atom stereocenters. The largest absolute Gasteiger partial charge is 0.462 e. The summed E-state index contributed by atoms with van der Waals surface area (Å²) in [4.78, 5) is 27.4. The molecule has 7 heteroatoms. The lowest BCUT2D eigenvalue weighted by molar-refractivity contribution is -0.141. The van der Waals surface area contributed by atoms with Gasteiger partial charge in [-0.15, -0.1) is 0 Å². The smallest absolute Gasteiger partial charge is 0.336 e. The van der Waals surface area contributed by atoms with Gasteiger partial charge in [0.2, 0.25) is 5.91 Å². The van der Waals surface area contributed by atoms with Gasteiger partial charge >= 0.3 is 5.97 Å². The van der Waals surface area contributed by atoms with Crippen molar-refractivity contribution in [2.75, 3.05) is 6.61 Å². The van der Waals surface area contributed by atoms with Crippen molar-refractivity contribution >= 4 is 23.5 Å². The molecule has 0 saturated carbocycles. The van der Waals surface area contributed by atoms with Crippen molar-refractivity contribution in [3.8, 4) is 0 Å². The van der Waals surface area contributed by atoms with E-state index in [9.17, 15) is 18.4 Å². The molecule has 31 heavy (non-hydrogen) atoms. The molecule has 2 aromatic rings. The maximum absolute atomic E-state index is 14.2. The van der Waals surface area contributed by atoms with E-state index in [1.807, 2.05) is 13.8 Å². The van der Waals surface area contributed by atoms with Crippen LogP contribution in [0, 0.1) is 17.6 Å². The van der Waals surface area contributed by atoms with Crippen LogP contribution >= 0.6 is 11.6 Å². The first-order valence-electron chi connectivity index (χ1n) is 10.1. The van der Waals surface area contributed by atoms with Gasteiger partial charge in [-0.2, -0.15) is 0 Å². The van der Waals surface area contributed by atoms with Crippen LogP contribution in [-0.2, 0) is 20.9 Å². The number of hydrogen-bond acceptors (Lipinski definition) is 3. The Morgan fingerprint density at radius 1 is 1.19 bits per heavy atom. The topological polar surface area (TPSA) is 46.6 Å². The van der Waals surface area contributed by atoms with E-state index in [0.717, 1.165) is 6.07 Å². The second-order valence-corrected chi connectivity index (χ2v) is 8.37. The summed E-state index contributed by atoms with van der Waals surface area (Å²) < 4.78 is 33.4. The molecule has 0 N–H and O–H groups in total. The van der Waals surface area contributed by atoms with Crippen molar-refractivity contribution in [1.29, 1.82) is 0 Å². The van der Waals surface area contributed by atoms with Crippen molar-refractivity contribution < 1.29 is 23.1 Å². The molecule has 0 radical (unpaired) electrons. The highest BCUT2D eigenvalue weighted by atomic mass is 35.5. The number of carbonyl (C=O) groups excluding carboxylic acids is 2. The number of amides is 1. The molecule has 4 nitrogen and oxygen atoms in total. The third kappa shape index (κ3) is 4.96. The van der Waals surface area contributed by atoms with Crippen LogP contribution in [-0.4, -0.2) is 23.4 Å². The van der Waals surface area contributed by atoms with Gasteiger partial charge in [0.25, 0.3) is 0 Å². The first kappa shape index (κ1) is 22.9. The minimum absolute atomic E-state index is 0.0267. The molecule has 164 valence electrons. The van der Waals surface area contributed by atoms with Crippen LogP contribution in [0.25, 0.3) is 0 Å². The molecule has 1 aliphatic rings. The quantitative estimate of drug-likeness (QED) is 0.541. The Kier molecular flexibility index (Phi) is 7.11. The van der Waals surface area contributed by atoms with Gasteiger partial charge in [-0.25, -0.2) is 13.6 Å². The predicted octanol–water partition coefficient (Wildman–Crippen LogP) is 5.61. The maximum Gasteiger partial charge on any atom is 0.336 e. The van der Waals surface area contributed by atoms with E-state index in [-0.39, 0.29) is 37.0 Å². The van der Waals surface area contributed by atoms with Gasteiger partial charge in [0.15, 0.2) is 11.6 Å². The zero-order chi connectivity index (χ0) is 22.7. The molecule has 1 atom stereocenters. The average molecular weight is 448 g/mol. The van der Waals surface area contributed by atoms with Crippen LogP contribution in [0.15, 0.2) is 53.7 Å². The Morgan fingerprint density at radius 2 is 1.90 bits per heavy atom. The number of hydrogen-bond donors (Lipinski definition) is 0. The Morgan fingerprint density at radius 3 is 2.58 bits per heavy atom.